The van der Waals surface area contributed by atoms with Crippen LogP contribution in [0.2, 0.25) is 0 Å². The quantitative estimate of drug-likeness (QED) is 0.803. The van der Waals surface area contributed by atoms with Crippen molar-refractivity contribution in [2.45, 2.75) is 32.1 Å². The van der Waals surface area contributed by atoms with Crippen LogP contribution >= 0.6 is 0 Å². The van der Waals surface area contributed by atoms with Gasteiger partial charge < -0.3 is 14.7 Å². The molecule has 1 atom stereocenters. The second-order valence-electron chi connectivity index (χ2n) is 8.64. The summed E-state index contributed by atoms with van der Waals surface area (Å²) in [5.41, 5.74) is 0.657. The molecule has 2 fully saturated rings. The summed E-state index contributed by atoms with van der Waals surface area (Å²) >= 11 is 0. The Morgan fingerprint density at radius 2 is 1.79 bits per heavy atom. The highest BCUT2D eigenvalue weighted by molar-refractivity contribution is 5.79. The molecule has 1 aliphatic carbocycles. The molecule has 2 aliphatic heterocycles. The van der Waals surface area contributed by atoms with Crippen LogP contribution in [-0.2, 0) is 4.79 Å². The third kappa shape index (κ3) is 4.57. The molecule has 5 heteroatoms. The molecule has 0 unspecified atom stereocenters. The Labute approximate surface area is 168 Å². The molecule has 1 amide bonds. The van der Waals surface area contributed by atoms with Crippen molar-refractivity contribution in [2.75, 3.05) is 50.7 Å². The summed E-state index contributed by atoms with van der Waals surface area (Å²) in [6.07, 6.45) is 10.5. The van der Waals surface area contributed by atoms with E-state index in [-0.39, 0.29) is 11.7 Å². The number of allylic oxidation sites excluding steroid dienone is 2. The van der Waals surface area contributed by atoms with E-state index in [4.69, 9.17) is 0 Å². The third-order valence-electron chi connectivity index (χ3n) is 6.78. The highest BCUT2D eigenvalue weighted by atomic mass is 19.1. The zero-order valence-electron chi connectivity index (χ0n) is 16.8. The van der Waals surface area contributed by atoms with E-state index in [9.17, 15) is 9.18 Å². The number of hydrogen-bond acceptors (Lipinski definition) is 2. The lowest BCUT2D eigenvalue weighted by Gasteiger charge is -2.39. The Morgan fingerprint density at radius 1 is 1.04 bits per heavy atom. The first-order valence-corrected chi connectivity index (χ1v) is 11.0. The second-order valence-corrected chi connectivity index (χ2v) is 8.64. The molecular formula is C23H33FN3O+. The predicted octanol–water partition coefficient (Wildman–Crippen LogP) is 2.13. The van der Waals surface area contributed by atoms with Crippen LogP contribution in [0, 0.1) is 17.7 Å². The van der Waals surface area contributed by atoms with Gasteiger partial charge in [0.2, 0.25) is 5.91 Å². The minimum atomic E-state index is -0.175. The van der Waals surface area contributed by atoms with Crippen molar-refractivity contribution in [3.63, 3.8) is 0 Å². The zero-order valence-corrected chi connectivity index (χ0v) is 16.8. The van der Waals surface area contributed by atoms with E-state index in [1.165, 1.54) is 31.9 Å². The van der Waals surface area contributed by atoms with Gasteiger partial charge in [0.15, 0.2) is 0 Å². The molecule has 4 rings (SSSR count). The number of nitrogens with zero attached hydrogens (tertiary/aromatic N) is 2. The van der Waals surface area contributed by atoms with E-state index in [1.54, 1.807) is 11.0 Å². The number of piperazine rings is 1. The first kappa shape index (κ1) is 19.4. The molecule has 1 aromatic carbocycles. The molecule has 0 bridgehead atoms. The van der Waals surface area contributed by atoms with Crippen LogP contribution in [0.5, 0.6) is 0 Å². The van der Waals surface area contributed by atoms with Crippen molar-refractivity contribution >= 4 is 11.6 Å². The number of benzene rings is 1. The largest absolute Gasteiger partial charge is 0.366 e. The summed E-state index contributed by atoms with van der Waals surface area (Å²) in [6, 6.07) is 6.92. The van der Waals surface area contributed by atoms with Gasteiger partial charge in [0.25, 0.3) is 0 Å². The van der Waals surface area contributed by atoms with Gasteiger partial charge >= 0.3 is 0 Å². The molecule has 1 N–H and O–H groups in total. The van der Waals surface area contributed by atoms with Crippen LogP contribution in [0.1, 0.15) is 32.1 Å². The van der Waals surface area contributed by atoms with Crippen molar-refractivity contribution < 1.29 is 14.1 Å². The lowest BCUT2D eigenvalue weighted by Crippen LogP contribution is -3.13. The first-order valence-electron chi connectivity index (χ1n) is 11.0. The van der Waals surface area contributed by atoms with Crippen LogP contribution in [0.15, 0.2) is 36.4 Å². The standard InChI is InChI=1S/C23H32FN3O/c24-21-8-4-5-9-22(21)26-14-16-27(17-15-26)23(28)20-10-12-25(13-11-20)18-19-6-2-1-3-7-19/h1-2,4-5,8-9,19-20H,3,6-7,10-18H2/p+1/t19-/m1/s1. The van der Waals surface area contributed by atoms with Gasteiger partial charge in [-0.15, -0.1) is 0 Å². The van der Waals surface area contributed by atoms with Crippen molar-refractivity contribution in [2.24, 2.45) is 11.8 Å². The average molecular weight is 387 g/mol. The van der Waals surface area contributed by atoms with Crippen LogP contribution in [0.4, 0.5) is 10.1 Å². The monoisotopic (exact) mass is 386 g/mol. The van der Waals surface area contributed by atoms with Gasteiger partial charge in [-0.3, -0.25) is 4.79 Å². The van der Waals surface area contributed by atoms with E-state index in [2.05, 4.69) is 17.1 Å². The predicted molar refractivity (Wildman–Crippen MR) is 110 cm³/mol. The topological polar surface area (TPSA) is 28.0 Å². The van der Waals surface area contributed by atoms with Gasteiger partial charge in [0.05, 0.1) is 25.3 Å². The average Bonchev–Trinajstić information content (AvgIpc) is 2.75. The summed E-state index contributed by atoms with van der Waals surface area (Å²) in [7, 11) is 0. The van der Waals surface area contributed by atoms with Crippen LogP contribution in [-0.4, -0.2) is 56.6 Å². The molecule has 152 valence electrons. The van der Waals surface area contributed by atoms with E-state index < -0.39 is 0 Å². The highest BCUT2D eigenvalue weighted by Gasteiger charge is 2.33. The Hall–Kier alpha value is -1.88. The van der Waals surface area contributed by atoms with Gasteiger partial charge in [-0.2, -0.15) is 0 Å². The fraction of sp³-hybridized carbons (Fsp3) is 0.609. The summed E-state index contributed by atoms with van der Waals surface area (Å²) in [6.45, 7) is 6.37. The maximum atomic E-state index is 14.0. The van der Waals surface area contributed by atoms with Crippen LogP contribution in [0.25, 0.3) is 0 Å². The molecule has 0 saturated carbocycles. The minimum absolute atomic E-state index is 0.175. The molecule has 28 heavy (non-hydrogen) atoms. The number of hydrogen-bond donors (Lipinski definition) is 1. The number of piperidine rings is 1. The number of para-hydroxylation sites is 1. The minimum Gasteiger partial charge on any atom is -0.366 e. The molecule has 0 radical (unpaired) electrons. The summed E-state index contributed by atoms with van der Waals surface area (Å²) in [5, 5.41) is 0. The van der Waals surface area contributed by atoms with E-state index in [0.717, 1.165) is 31.8 Å². The molecule has 0 aromatic heterocycles. The Balaban J connectivity index is 1.23. The van der Waals surface area contributed by atoms with E-state index in [0.29, 0.717) is 37.8 Å². The lowest BCUT2D eigenvalue weighted by atomic mass is 9.91. The number of halogens is 1. The highest BCUT2D eigenvalue weighted by Crippen LogP contribution is 2.22. The number of likely N-dealkylation sites (tertiary alicyclic amines) is 1. The number of carbonyl (C=O) groups is 1. The molecule has 2 heterocycles. The number of nitrogens with one attached hydrogen (secondary N) is 1. The molecule has 1 aromatic rings. The van der Waals surface area contributed by atoms with Crippen LogP contribution in [0.3, 0.4) is 0 Å². The number of amides is 1. The maximum Gasteiger partial charge on any atom is 0.226 e. The van der Waals surface area contributed by atoms with Crippen molar-refractivity contribution in [1.82, 2.24) is 4.90 Å². The number of carbonyl (C=O) groups excluding carboxylic acids is 1. The van der Waals surface area contributed by atoms with Crippen molar-refractivity contribution in [1.29, 1.82) is 0 Å². The fourth-order valence-corrected chi connectivity index (χ4v) is 5.06. The van der Waals surface area contributed by atoms with Gasteiger partial charge in [0, 0.05) is 50.9 Å². The number of rotatable bonds is 4. The van der Waals surface area contributed by atoms with Crippen LogP contribution < -0.4 is 9.80 Å². The van der Waals surface area contributed by atoms with E-state index >= 15 is 0 Å². The Bertz CT molecular complexity index is 691. The lowest BCUT2D eigenvalue weighted by molar-refractivity contribution is -0.909. The molecular weight excluding hydrogens is 353 g/mol. The molecule has 3 aliphatic rings. The first-order chi connectivity index (χ1) is 13.7. The molecule has 4 nitrogen and oxygen atoms in total. The fourth-order valence-electron chi connectivity index (χ4n) is 5.06. The van der Waals surface area contributed by atoms with Gasteiger partial charge in [0.1, 0.15) is 5.82 Å². The maximum absolute atomic E-state index is 14.0. The van der Waals surface area contributed by atoms with Gasteiger partial charge in [-0.1, -0.05) is 24.3 Å². The SMILES string of the molecule is O=C(C1CC[NH+](C[C@@H]2CC=CCC2)CC1)N1CCN(c2ccccc2F)CC1. The molecule has 2 saturated heterocycles. The molecule has 0 spiro atoms. The summed E-state index contributed by atoms with van der Waals surface area (Å²) in [4.78, 5) is 18.7. The summed E-state index contributed by atoms with van der Waals surface area (Å²) < 4.78 is 14.0. The summed E-state index contributed by atoms with van der Waals surface area (Å²) in [5.74, 6) is 1.17. The normalized spacial score (nSPS) is 28.4. The van der Waals surface area contributed by atoms with Gasteiger partial charge in [-0.25, -0.2) is 4.39 Å². The second kappa shape index (κ2) is 9.08. The van der Waals surface area contributed by atoms with Crippen molar-refractivity contribution in [3.05, 3.63) is 42.2 Å². The van der Waals surface area contributed by atoms with E-state index in [1.807, 2.05) is 17.0 Å². The van der Waals surface area contributed by atoms with Crippen molar-refractivity contribution in [3.8, 4) is 0 Å². The Morgan fingerprint density at radius 3 is 2.46 bits per heavy atom. The zero-order chi connectivity index (χ0) is 19.3. The van der Waals surface area contributed by atoms with Gasteiger partial charge in [-0.05, 0) is 31.4 Å². The number of quaternary nitrogens is 1. The number of anilines is 1. The smallest absolute Gasteiger partial charge is 0.226 e. The third-order valence-corrected chi connectivity index (χ3v) is 6.78. The Kier molecular flexibility index (Phi) is 6.30.